The molecule has 1 aromatic rings. The van der Waals surface area contributed by atoms with E-state index in [0.29, 0.717) is 13.1 Å². The van der Waals surface area contributed by atoms with Crippen LogP contribution in [0.3, 0.4) is 0 Å². The van der Waals surface area contributed by atoms with Gasteiger partial charge in [0.15, 0.2) is 0 Å². The summed E-state index contributed by atoms with van der Waals surface area (Å²) in [5.74, 6) is -0.698. The van der Waals surface area contributed by atoms with E-state index in [1.807, 2.05) is 13.8 Å². The zero-order valence-corrected chi connectivity index (χ0v) is 12.5. The van der Waals surface area contributed by atoms with Gasteiger partial charge in [-0.2, -0.15) is 4.31 Å². The van der Waals surface area contributed by atoms with E-state index >= 15 is 0 Å². The van der Waals surface area contributed by atoms with Crippen molar-refractivity contribution in [1.82, 2.24) is 9.62 Å². The number of nitrogens with zero attached hydrogens (tertiary/aromatic N) is 1. The van der Waals surface area contributed by atoms with Crippen LogP contribution in [0.4, 0.5) is 4.39 Å². The fourth-order valence-corrected chi connectivity index (χ4v) is 3.89. The SMILES string of the molecule is CC1CN(S(=O)(=O)c2ccccc2F)C(C)CN1.Cl. The van der Waals surface area contributed by atoms with Crippen LogP contribution >= 0.6 is 12.4 Å². The number of benzene rings is 1. The molecule has 4 nitrogen and oxygen atoms in total. The van der Waals surface area contributed by atoms with Gasteiger partial charge in [0, 0.05) is 25.2 Å². The average Bonchev–Trinajstić information content (AvgIpc) is 2.32. The van der Waals surface area contributed by atoms with Crippen molar-refractivity contribution in [2.45, 2.75) is 30.8 Å². The Bertz CT molecular complexity index is 538. The van der Waals surface area contributed by atoms with Gasteiger partial charge < -0.3 is 5.32 Å². The fraction of sp³-hybridized carbons (Fsp3) is 0.500. The Balaban J connectivity index is 0.00000180. The Morgan fingerprint density at radius 1 is 1.32 bits per heavy atom. The summed E-state index contributed by atoms with van der Waals surface area (Å²) in [7, 11) is -3.76. The maximum absolute atomic E-state index is 13.6. The average molecular weight is 309 g/mol. The summed E-state index contributed by atoms with van der Waals surface area (Å²) in [4.78, 5) is -0.244. The lowest BCUT2D eigenvalue weighted by Gasteiger charge is -2.36. The second-order valence-corrected chi connectivity index (χ2v) is 6.52. The van der Waals surface area contributed by atoms with Crippen molar-refractivity contribution in [2.24, 2.45) is 0 Å². The van der Waals surface area contributed by atoms with Crippen molar-refractivity contribution in [3.8, 4) is 0 Å². The fourth-order valence-electron chi connectivity index (χ4n) is 2.10. The predicted octanol–water partition coefficient (Wildman–Crippen LogP) is 1.62. The second kappa shape index (κ2) is 6.17. The third-order valence-electron chi connectivity index (χ3n) is 3.13. The molecule has 7 heteroatoms. The molecule has 1 aliphatic rings. The van der Waals surface area contributed by atoms with E-state index < -0.39 is 15.8 Å². The highest BCUT2D eigenvalue weighted by atomic mass is 35.5. The summed E-state index contributed by atoms with van der Waals surface area (Å²) < 4.78 is 39.9. The van der Waals surface area contributed by atoms with Crippen molar-refractivity contribution in [2.75, 3.05) is 13.1 Å². The van der Waals surface area contributed by atoms with Crippen LogP contribution in [0, 0.1) is 5.82 Å². The summed E-state index contributed by atoms with van der Waals surface area (Å²) >= 11 is 0. The monoisotopic (exact) mass is 308 g/mol. The highest BCUT2D eigenvalue weighted by Crippen LogP contribution is 2.22. The maximum Gasteiger partial charge on any atom is 0.246 e. The quantitative estimate of drug-likeness (QED) is 0.903. The molecule has 2 rings (SSSR count). The molecule has 1 heterocycles. The lowest BCUT2D eigenvalue weighted by molar-refractivity contribution is 0.244. The highest BCUT2D eigenvalue weighted by molar-refractivity contribution is 7.89. The Morgan fingerprint density at radius 2 is 1.95 bits per heavy atom. The molecule has 0 aromatic heterocycles. The number of piperazine rings is 1. The van der Waals surface area contributed by atoms with Gasteiger partial charge in [0.25, 0.3) is 0 Å². The van der Waals surface area contributed by atoms with E-state index in [9.17, 15) is 12.8 Å². The van der Waals surface area contributed by atoms with Gasteiger partial charge in [-0.3, -0.25) is 0 Å². The molecule has 0 bridgehead atoms. The smallest absolute Gasteiger partial charge is 0.246 e. The van der Waals surface area contributed by atoms with Crippen molar-refractivity contribution in [3.05, 3.63) is 30.1 Å². The third kappa shape index (κ3) is 3.25. The zero-order valence-electron chi connectivity index (χ0n) is 10.8. The Labute approximate surface area is 119 Å². The first-order valence-electron chi connectivity index (χ1n) is 5.92. The number of sulfonamides is 1. The molecule has 2 atom stereocenters. The van der Waals surface area contributed by atoms with Crippen LogP contribution in [-0.2, 0) is 10.0 Å². The topological polar surface area (TPSA) is 49.4 Å². The number of rotatable bonds is 2. The molecule has 0 aliphatic carbocycles. The van der Waals surface area contributed by atoms with Crippen LogP contribution in [0.2, 0.25) is 0 Å². The molecule has 108 valence electrons. The van der Waals surface area contributed by atoms with Gasteiger partial charge in [-0.15, -0.1) is 12.4 Å². The largest absolute Gasteiger partial charge is 0.311 e. The van der Waals surface area contributed by atoms with E-state index in [0.717, 1.165) is 0 Å². The van der Waals surface area contributed by atoms with Gasteiger partial charge in [-0.05, 0) is 26.0 Å². The molecule has 0 amide bonds. The molecule has 1 aliphatic heterocycles. The van der Waals surface area contributed by atoms with Crippen LogP contribution in [0.25, 0.3) is 0 Å². The molecule has 1 N–H and O–H groups in total. The van der Waals surface area contributed by atoms with E-state index in [2.05, 4.69) is 5.32 Å². The van der Waals surface area contributed by atoms with Crippen LogP contribution < -0.4 is 5.32 Å². The molecule has 1 aromatic carbocycles. The molecular formula is C12H18ClFN2O2S. The van der Waals surface area contributed by atoms with Crippen molar-refractivity contribution < 1.29 is 12.8 Å². The number of nitrogens with one attached hydrogen (secondary N) is 1. The van der Waals surface area contributed by atoms with Gasteiger partial charge in [0.1, 0.15) is 10.7 Å². The summed E-state index contributed by atoms with van der Waals surface area (Å²) in [5, 5.41) is 3.20. The van der Waals surface area contributed by atoms with Crippen LogP contribution in [-0.4, -0.2) is 37.9 Å². The van der Waals surface area contributed by atoms with Gasteiger partial charge in [0.2, 0.25) is 10.0 Å². The van der Waals surface area contributed by atoms with E-state index in [4.69, 9.17) is 0 Å². The van der Waals surface area contributed by atoms with Gasteiger partial charge in [-0.25, -0.2) is 12.8 Å². The van der Waals surface area contributed by atoms with E-state index in [1.54, 1.807) is 0 Å². The minimum absolute atomic E-state index is 0. The lowest BCUT2D eigenvalue weighted by atomic mass is 10.2. The first kappa shape index (κ1) is 16.4. The standard InChI is InChI=1S/C12H17FN2O2S.ClH/c1-9-8-15(10(2)7-14-9)18(16,17)12-6-4-3-5-11(12)13;/h3-6,9-10,14H,7-8H2,1-2H3;1H. The van der Waals surface area contributed by atoms with Gasteiger partial charge in [0.05, 0.1) is 0 Å². The van der Waals surface area contributed by atoms with Crippen molar-refractivity contribution >= 4 is 22.4 Å². The Hall–Kier alpha value is -0.690. The van der Waals surface area contributed by atoms with Crippen molar-refractivity contribution in [1.29, 1.82) is 0 Å². The normalized spacial score (nSPS) is 24.8. The molecule has 19 heavy (non-hydrogen) atoms. The van der Waals surface area contributed by atoms with Gasteiger partial charge in [-0.1, -0.05) is 12.1 Å². The Kier molecular flexibility index (Phi) is 5.32. The van der Waals surface area contributed by atoms with Crippen LogP contribution in [0.5, 0.6) is 0 Å². The first-order valence-corrected chi connectivity index (χ1v) is 7.36. The molecule has 0 radical (unpaired) electrons. The number of hydrogen-bond acceptors (Lipinski definition) is 3. The summed E-state index contributed by atoms with van der Waals surface area (Å²) in [6, 6.07) is 5.39. The van der Waals surface area contributed by atoms with Crippen LogP contribution in [0.1, 0.15) is 13.8 Å². The minimum Gasteiger partial charge on any atom is -0.311 e. The van der Waals surface area contributed by atoms with Gasteiger partial charge >= 0.3 is 0 Å². The maximum atomic E-state index is 13.6. The van der Waals surface area contributed by atoms with Crippen LogP contribution in [0.15, 0.2) is 29.2 Å². The predicted molar refractivity (Wildman–Crippen MR) is 74.5 cm³/mol. The molecule has 1 saturated heterocycles. The molecule has 2 unspecified atom stereocenters. The molecular weight excluding hydrogens is 291 g/mol. The summed E-state index contributed by atoms with van der Waals surface area (Å²) in [5.41, 5.74) is 0. The van der Waals surface area contributed by atoms with E-state index in [-0.39, 0.29) is 29.4 Å². The molecule has 0 spiro atoms. The second-order valence-electron chi connectivity index (χ2n) is 4.66. The zero-order chi connectivity index (χ0) is 13.3. The number of halogens is 2. The Morgan fingerprint density at radius 3 is 2.58 bits per heavy atom. The van der Waals surface area contributed by atoms with E-state index in [1.165, 1.54) is 28.6 Å². The lowest BCUT2D eigenvalue weighted by Crippen LogP contribution is -2.56. The molecule has 0 saturated carbocycles. The minimum atomic E-state index is -3.76. The number of hydrogen-bond donors (Lipinski definition) is 1. The third-order valence-corrected chi connectivity index (χ3v) is 5.14. The summed E-state index contributed by atoms with van der Waals surface area (Å²) in [6.07, 6.45) is 0. The first-order chi connectivity index (χ1) is 8.43. The summed E-state index contributed by atoms with van der Waals surface area (Å²) in [6.45, 7) is 4.67. The van der Waals surface area contributed by atoms with Crippen molar-refractivity contribution in [3.63, 3.8) is 0 Å². The molecule has 1 fully saturated rings. The highest BCUT2D eigenvalue weighted by Gasteiger charge is 2.34.